The molecule has 2 N–H and O–H groups in total. The minimum Gasteiger partial charge on any atom is -0.338 e. The zero-order chi connectivity index (χ0) is 12.4. The number of aromatic nitrogens is 5. The molecule has 0 spiro atoms. The Bertz CT molecular complexity index is 493. The molecule has 0 radical (unpaired) electrons. The first-order chi connectivity index (χ1) is 8.88. The lowest BCUT2D eigenvalue weighted by Gasteiger charge is -2.28. The van der Waals surface area contributed by atoms with Gasteiger partial charge in [-0.25, -0.2) is 4.98 Å². The van der Waals surface area contributed by atoms with Gasteiger partial charge in [-0.15, -0.1) is 0 Å². The number of nitrogens with one attached hydrogen (secondary N) is 2. The second kappa shape index (κ2) is 4.85. The Kier molecular flexibility index (Phi) is 3.06. The molecule has 1 aliphatic rings. The molecule has 7 heteroatoms. The van der Waals surface area contributed by atoms with Gasteiger partial charge in [0, 0.05) is 6.04 Å². The van der Waals surface area contributed by atoms with Crippen molar-refractivity contribution in [2.75, 3.05) is 7.05 Å². The zero-order valence-corrected chi connectivity index (χ0v) is 10.3. The van der Waals surface area contributed by atoms with Gasteiger partial charge in [-0.2, -0.15) is 10.1 Å². The van der Waals surface area contributed by atoms with Gasteiger partial charge in [0.15, 0.2) is 5.82 Å². The summed E-state index contributed by atoms with van der Waals surface area (Å²) < 4.78 is 5.37. The SMILES string of the molecule is CNC1CCCCC1c1nc(-c2ncn[nH]2)no1. The van der Waals surface area contributed by atoms with Crippen LogP contribution in [0.25, 0.3) is 11.6 Å². The highest BCUT2D eigenvalue weighted by molar-refractivity contribution is 5.39. The van der Waals surface area contributed by atoms with Crippen molar-refractivity contribution in [2.45, 2.75) is 37.6 Å². The summed E-state index contributed by atoms with van der Waals surface area (Å²) in [6.45, 7) is 0. The van der Waals surface area contributed by atoms with E-state index < -0.39 is 0 Å². The Balaban J connectivity index is 1.84. The molecule has 2 aromatic heterocycles. The van der Waals surface area contributed by atoms with E-state index in [0.717, 1.165) is 12.8 Å². The summed E-state index contributed by atoms with van der Waals surface area (Å²) in [6, 6.07) is 0.418. The summed E-state index contributed by atoms with van der Waals surface area (Å²) in [4.78, 5) is 8.44. The lowest BCUT2D eigenvalue weighted by Crippen LogP contribution is -2.34. The first-order valence-electron chi connectivity index (χ1n) is 6.25. The Hall–Kier alpha value is -1.76. The van der Waals surface area contributed by atoms with E-state index in [0.29, 0.717) is 29.5 Å². The molecule has 2 heterocycles. The minimum atomic E-state index is 0.299. The van der Waals surface area contributed by atoms with Crippen LogP contribution in [0.4, 0.5) is 0 Å². The third-order valence-corrected chi connectivity index (χ3v) is 3.52. The Morgan fingerprint density at radius 1 is 1.39 bits per heavy atom. The standard InChI is InChI=1S/C11H16N6O/c1-12-8-5-3-2-4-7(8)11-15-10(17-18-11)9-13-6-14-16-9/h6-8,12H,2-5H2,1H3,(H,13,14,16). The second-order valence-corrected chi connectivity index (χ2v) is 4.58. The van der Waals surface area contributed by atoms with Crippen LogP contribution in [0.15, 0.2) is 10.9 Å². The Labute approximate surface area is 104 Å². The van der Waals surface area contributed by atoms with E-state index in [1.165, 1.54) is 19.2 Å². The molecule has 1 aliphatic carbocycles. The lowest BCUT2D eigenvalue weighted by molar-refractivity contribution is 0.270. The van der Waals surface area contributed by atoms with E-state index in [4.69, 9.17) is 4.52 Å². The van der Waals surface area contributed by atoms with E-state index >= 15 is 0 Å². The molecule has 96 valence electrons. The largest absolute Gasteiger partial charge is 0.338 e. The van der Waals surface area contributed by atoms with Gasteiger partial charge in [0.05, 0.1) is 5.92 Å². The highest BCUT2D eigenvalue weighted by Crippen LogP contribution is 2.32. The summed E-state index contributed by atoms with van der Waals surface area (Å²) in [6.07, 6.45) is 6.14. The van der Waals surface area contributed by atoms with Gasteiger partial charge in [-0.3, -0.25) is 5.10 Å². The van der Waals surface area contributed by atoms with Crippen LogP contribution in [0.3, 0.4) is 0 Å². The van der Waals surface area contributed by atoms with Crippen molar-refractivity contribution in [1.29, 1.82) is 0 Å². The van der Waals surface area contributed by atoms with Crippen LogP contribution in [0.5, 0.6) is 0 Å². The van der Waals surface area contributed by atoms with Crippen molar-refractivity contribution in [3.8, 4) is 11.6 Å². The number of hydrogen-bond acceptors (Lipinski definition) is 6. The molecule has 7 nitrogen and oxygen atoms in total. The smallest absolute Gasteiger partial charge is 0.239 e. The maximum Gasteiger partial charge on any atom is 0.239 e. The Morgan fingerprint density at radius 3 is 3.06 bits per heavy atom. The van der Waals surface area contributed by atoms with Crippen molar-refractivity contribution < 1.29 is 4.52 Å². The van der Waals surface area contributed by atoms with Crippen LogP contribution in [-0.4, -0.2) is 38.4 Å². The van der Waals surface area contributed by atoms with Crippen molar-refractivity contribution >= 4 is 0 Å². The number of nitrogens with zero attached hydrogens (tertiary/aromatic N) is 4. The summed E-state index contributed by atoms with van der Waals surface area (Å²) in [5.41, 5.74) is 0. The second-order valence-electron chi connectivity index (χ2n) is 4.58. The topological polar surface area (TPSA) is 92.5 Å². The number of aromatic amines is 1. The van der Waals surface area contributed by atoms with Gasteiger partial charge in [-0.05, 0) is 19.9 Å². The first kappa shape index (κ1) is 11.3. The molecule has 0 aromatic carbocycles. The molecule has 0 saturated heterocycles. The van der Waals surface area contributed by atoms with Gasteiger partial charge in [0.1, 0.15) is 6.33 Å². The quantitative estimate of drug-likeness (QED) is 0.845. The fourth-order valence-corrected chi connectivity index (χ4v) is 2.57. The number of hydrogen-bond donors (Lipinski definition) is 2. The van der Waals surface area contributed by atoms with Crippen molar-refractivity contribution in [1.82, 2.24) is 30.6 Å². The van der Waals surface area contributed by atoms with Gasteiger partial charge in [-0.1, -0.05) is 18.0 Å². The Morgan fingerprint density at radius 2 is 2.28 bits per heavy atom. The maximum absolute atomic E-state index is 5.37. The molecule has 0 aliphatic heterocycles. The molecule has 2 aromatic rings. The minimum absolute atomic E-state index is 0.299. The highest BCUT2D eigenvalue weighted by Gasteiger charge is 2.30. The third kappa shape index (κ3) is 2.01. The van der Waals surface area contributed by atoms with Gasteiger partial charge >= 0.3 is 0 Å². The van der Waals surface area contributed by atoms with Crippen molar-refractivity contribution in [3.05, 3.63) is 12.2 Å². The molecule has 2 unspecified atom stereocenters. The monoisotopic (exact) mass is 248 g/mol. The number of likely N-dealkylation sites (N-methyl/N-ethyl adjacent to an activating group) is 1. The normalized spacial score (nSPS) is 24.3. The third-order valence-electron chi connectivity index (χ3n) is 3.52. The summed E-state index contributed by atoms with van der Waals surface area (Å²) in [7, 11) is 1.98. The van der Waals surface area contributed by atoms with Crippen LogP contribution in [0, 0.1) is 0 Å². The fraction of sp³-hybridized carbons (Fsp3) is 0.636. The molecule has 2 atom stereocenters. The summed E-state index contributed by atoms with van der Waals surface area (Å²) in [5.74, 6) is 2.01. The van der Waals surface area contributed by atoms with Crippen LogP contribution in [0.1, 0.15) is 37.5 Å². The van der Waals surface area contributed by atoms with Crippen molar-refractivity contribution in [2.24, 2.45) is 0 Å². The predicted octanol–water partition coefficient (Wildman–Crippen LogP) is 1.10. The average molecular weight is 248 g/mol. The van der Waals surface area contributed by atoms with E-state index in [1.54, 1.807) is 0 Å². The van der Waals surface area contributed by atoms with Crippen LogP contribution >= 0.6 is 0 Å². The molecule has 1 fully saturated rings. The zero-order valence-electron chi connectivity index (χ0n) is 10.3. The van der Waals surface area contributed by atoms with E-state index in [9.17, 15) is 0 Å². The van der Waals surface area contributed by atoms with Gasteiger partial charge in [0.25, 0.3) is 0 Å². The molecule has 0 amide bonds. The highest BCUT2D eigenvalue weighted by atomic mass is 16.5. The van der Waals surface area contributed by atoms with Gasteiger partial charge in [0.2, 0.25) is 11.7 Å². The summed E-state index contributed by atoms with van der Waals surface area (Å²) in [5, 5.41) is 13.8. The van der Waals surface area contributed by atoms with Crippen molar-refractivity contribution in [3.63, 3.8) is 0 Å². The van der Waals surface area contributed by atoms with E-state index in [-0.39, 0.29) is 0 Å². The predicted molar refractivity (Wildman–Crippen MR) is 63.7 cm³/mol. The fourth-order valence-electron chi connectivity index (χ4n) is 2.57. The van der Waals surface area contributed by atoms with Crippen LogP contribution < -0.4 is 5.32 Å². The number of rotatable bonds is 3. The molecule has 18 heavy (non-hydrogen) atoms. The van der Waals surface area contributed by atoms with E-state index in [2.05, 4.69) is 30.6 Å². The van der Waals surface area contributed by atoms with Gasteiger partial charge < -0.3 is 9.84 Å². The molecule has 3 rings (SSSR count). The molecule has 1 saturated carbocycles. The molecule has 0 bridgehead atoms. The average Bonchev–Trinajstić information content (AvgIpc) is 3.09. The molecular formula is C11H16N6O. The lowest BCUT2D eigenvalue weighted by atomic mass is 9.84. The van der Waals surface area contributed by atoms with E-state index in [1.807, 2.05) is 7.05 Å². The molecular weight excluding hydrogens is 232 g/mol. The summed E-state index contributed by atoms with van der Waals surface area (Å²) >= 11 is 0. The number of H-pyrrole nitrogens is 1. The van der Waals surface area contributed by atoms with Crippen LogP contribution in [-0.2, 0) is 0 Å². The van der Waals surface area contributed by atoms with Crippen LogP contribution in [0.2, 0.25) is 0 Å². The first-order valence-corrected chi connectivity index (χ1v) is 6.25. The maximum atomic E-state index is 5.37.